The van der Waals surface area contributed by atoms with Gasteiger partial charge in [-0.2, -0.15) is 0 Å². The smallest absolute Gasteiger partial charge is 0.223 e. The Morgan fingerprint density at radius 2 is 2.00 bits per heavy atom. The van der Waals surface area contributed by atoms with Crippen LogP contribution in [0.2, 0.25) is 0 Å². The molecule has 1 atom stereocenters. The van der Waals surface area contributed by atoms with Gasteiger partial charge in [0.25, 0.3) is 0 Å². The summed E-state index contributed by atoms with van der Waals surface area (Å²) in [6.45, 7) is 11.6. The van der Waals surface area contributed by atoms with Crippen LogP contribution in [0.4, 0.5) is 0 Å². The molecular weight excluding hydrogens is 416 g/mol. The van der Waals surface area contributed by atoms with Crippen molar-refractivity contribution in [3.63, 3.8) is 0 Å². The van der Waals surface area contributed by atoms with Gasteiger partial charge in [0.2, 0.25) is 5.91 Å². The maximum absolute atomic E-state index is 12.8. The number of carbonyl (C=O) groups excluding carboxylic acids is 1. The third-order valence-corrected chi connectivity index (χ3v) is 6.71. The Morgan fingerprint density at radius 1 is 1.21 bits per heavy atom. The van der Waals surface area contributed by atoms with Crippen molar-refractivity contribution in [3.05, 3.63) is 54.1 Å². The third kappa shape index (κ3) is 5.81. The van der Waals surface area contributed by atoms with E-state index in [9.17, 15) is 4.79 Å². The Labute approximate surface area is 196 Å². The predicted molar refractivity (Wildman–Crippen MR) is 128 cm³/mol. The van der Waals surface area contributed by atoms with Crippen molar-refractivity contribution < 1.29 is 9.53 Å². The molecule has 2 aromatic rings. The molecule has 178 valence electrons. The van der Waals surface area contributed by atoms with E-state index in [1.807, 2.05) is 19.1 Å². The SMILES string of the molecule is C=CCOc1ccccc1CN1CCc2nnc([C@H](C)NC(=O)C3CCN(C)CC3)n2CC1. The van der Waals surface area contributed by atoms with Gasteiger partial charge in [-0.25, -0.2) is 0 Å². The summed E-state index contributed by atoms with van der Waals surface area (Å²) in [6, 6.07) is 8.03. The van der Waals surface area contributed by atoms with Gasteiger partial charge in [-0.05, 0) is 46.0 Å². The fraction of sp³-hybridized carbons (Fsp3) is 0.560. The van der Waals surface area contributed by atoms with Gasteiger partial charge >= 0.3 is 0 Å². The van der Waals surface area contributed by atoms with Crippen LogP contribution in [-0.2, 0) is 24.3 Å². The fourth-order valence-corrected chi connectivity index (χ4v) is 4.70. The van der Waals surface area contributed by atoms with E-state index in [1.165, 1.54) is 5.56 Å². The summed E-state index contributed by atoms with van der Waals surface area (Å²) in [5.41, 5.74) is 1.18. The summed E-state index contributed by atoms with van der Waals surface area (Å²) in [7, 11) is 2.11. The van der Waals surface area contributed by atoms with Gasteiger partial charge in [-0.15, -0.1) is 10.2 Å². The monoisotopic (exact) mass is 452 g/mol. The largest absolute Gasteiger partial charge is 0.489 e. The Kier molecular flexibility index (Phi) is 7.77. The standard InChI is InChI=1S/C25H36N6O2/c1-4-17-33-22-8-6-5-7-21(22)18-30-14-11-23-27-28-24(31(23)16-15-30)19(2)26-25(32)20-9-12-29(3)13-10-20/h4-8,19-20H,1,9-18H2,2-3H3,(H,26,32)/t19-/m0/s1. The highest BCUT2D eigenvalue weighted by atomic mass is 16.5. The number of para-hydroxylation sites is 1. The van der Waals surface area contributed by atoms with E-state index in [0.717, 1.165) is 75.9 Å². The first kappa shape index (κ1) is 23.4. The summed E-state index contributed by atoms with van der Waals surface area (Å²) < 4.78 is 8.03. The van der Waals surface area contributed by atoms with E-state index in [4.69, 9.17) is 4.74 Å². The maximum atomic E-state index is 12.8. The molecule has 1 fully saturated rings. The van der Waals surface area contributed by atoms with E-state index in [2.05, 4.69) is 55.6 Å². The van der Waals surface area contributed by atoms with E-state index >= 15 is 0 Å². The molecule has 8 nitrogen and oxygen atoms in total. The van der Waals surface area contributed by atoms with Gasteiger partial charge in [-0.3, -0.25) is 9.69 Å². The van der Waals surface area contributed by atoms with Crippen LogP contribution >= 0.6 is 0 Å². The first-order valence-electron chi connectivity index (χ1n) is 12.0. The average molecular weight is 453 g/mol. The molecule has 0 bridgehead atoms. The topological polar surface area (TPSA) is 75.5 Å². The zero-order chi connectivity index (χ0) is 23.2. The summed E-state index contributed by atoms with van der Waals surface area (Å²) >= 11 is 0. The molecule has 1 aromatic carbocycles. The highest BCUT2D eigenvalue weighted by Crippen LogP contribution is 2.23. The number of aromatic nitrogens is 3. The van der Waals surface area contributed by atoms with E-state index in [1.54, 1.807) is 6.08 Å². The molecule has 1 aromatic heterocycles. The number of hydrogen-bond donors (Lipinski definition) is 1. The second-order valence-corrected chi connectivity index (χ2v) is 9.17. The van der Waals surface area contributed by atoms with Gasteiger partial charge in [0.05, 0.1) is 6.04 Å². The summed E-state index contributed by atoms with van der Waals surface area (Å²) in [5, 5.41) is 12.1. The van der Waals surface area contributed by atoms with Crippen molar-refractivity contribution in [1.29, 1.82) is 0 Å². The van der Waals surface area contributed by atoms with Crippen molar-refractivity contribution in [2.24, 2.45) is 5.92 Å². The van der Waals surface area contributed by atoms with Crippen molar-refractivity contribution in [2.75, 3.05) is 39.8 Å². The molecule has 0 aliphatic carbocycles. The number of nitrogens with one attached hydrogen (secondary N) is 1. The van der Waals surface area contributed by atoms with Crippen LogP contribution in [0, 0.1) is 5.92 Å². The average Bonchev–Trinajstić information content (AvgIpc) is 3.13. The highest BCUT2D eigenvalue weighted by molar-refractivity contribution is 5.79. The Hall–Kier alpha value is -2.71. The molecule has 0 radical (unpaired) electrons. The molecular formula is C25H36N6O2. The van der Waals surface area contributed by atoms with Crippen molar-refractivity contribution in [3.8, 4) is 5.75 Å². The van der Waals surface area contributed by atoms with E-state index in [-0.39, 0.29) is 17.9 Å². The molecule has 1 saturated heterocycles. The maximum Gasteiger partial charge on any atom is 0.223 e. The number of likely N-dealkylation sites (tertiary alicyclic amines) is 1. The Balaban J connectivity index is 1.37. The summed E-state index contributed by atoms with van der Waals surface area (Å²) in [6.07, 6.45) is 4.43. The first-order chi connectivity index (χ1) is 16.0. The lowest BCUT2D eigenvalue weighted by Crippen LogP contribution is -2.40. The number of ether oxygens (including phenoxy) is 1. The van der Waals surface area contributed by atoms with Gasteiger partial charge in [-0.1, -0.05) is 30.9 Å². The molecule has 0 spiro atoms. The van der Waals surface area contributed by atoms with Gasteiger partial charge in [0.1, 0.15) is 18.2 Å². The van der Waals surface area contributed by atoms with Crippen LogP contribution in [-0.4, -0.2) is 70.3 Å². The van der Waals surface area contributed by atoms with E-state index < -0.39 is 0 Å². The van der Waals surface area contributed by atoms with Crippen LogP contribution in [0.3, 0.4) is 0 Å². The number of rotatable bonds is 8. The molecule has 2 aliphatic heterocycles. The van der Waals surface area contributed by atoms with Crippen LogP contribution < -0.4 is 10.1 Å². The molecule has 33 heavy (non-hydrogen) atoms. The lowest BCUT2D eigenvalue weighted by Gasteiger charge is -2.29. The number of amides is 1. The van der Waals surface area contributed by atoms with Crippen molar-refractivity contribution in [2.45, 2.75) is 45.3 Å². The van der Waals surface area contributed by atoms with Crippen molar-refractivity contribution >= 4 is 5.91 Å². The summed E-state index contributed by atoms with van der Waals surface area (Å²) in [4.78, 5) is 17.5. The lowest BCUT2D eigenvalue weighted by molar-refractivity contribution is -0.127. The number of piperidine rings is 1. The van der Waals surface area contributed by atoms with Gasteiger partial charge in [0, 0.05) is 44.1 Å². The Bertz CT molecular complexity index is 950. The Morgan fingerprint density at radius 3 is 2.79 bits per heavy atom. The molecule has 1 amide bonds. The molecule has 1 N–H and O–H groups in total. The summed E-state index contributed by atoms with van der Waals surface area (Å²) in [5.74, 6) is 2.98. The normalized spacial score (nSPS) is 18.8. The lowest BCUT2D eigenvalue weighted by atomic mass is 9.96. The number of fused-ring (bicyclic) bond motifs is 1. The van der Waals surface area contributed by atoms with Crippen LogP contribution in [0.15, 0.2) is 36.9 Å². The van der Waals surface area contributed by atoms with Crippen LogP contribution in [0.5, 0.6) is 5.75 Å². The molecule has 0 saturated carbocycles. The minimum absolute atomic E-state index is 0.0917. The molecule has 0 unspecified atom stereocenters. The highest BCUT2D eigenvalue weighted by Gasteiger charge is 2.27. The van der Waals surface area contributed by atoms with Gasteiger partial charge in [0.15, 0.2) is 5.82 Å². The van der Waals surface area contributed by atoms with E-state index in [0.29, 0.717) is 6.61 Å². The predicted octanol–water partition coefficient (Wildman–Crippen LogP) is 2.42. The van der Waals surface area contributed by atoms with Crippen molar-refractivity contribution in [1.82, 2.24) is 29.9 Å². The third-order valence-electron chi connectivity index (χ3n) is 6.71. The molecule has 8 heteroatoms. The first-order valence-corrected chi connectivity index (χ1v) is 12.0. The van der Waals surface area contributed by atoms with Crippen LogP contribution in [0.1, 0.15) is 43.0 Å². The number of carbonyl (C=O) groups is 1. The number of benzene rings is 1. The molecule has 2 aliphatic rings. The number of hydrogen-bond acceptors (Lipinski definition) is 6. The number of nitrogens with zero attached hydrogens (tertiary/aromatic N) is 5. The fourth-order valence-electron chi connectivity index (χ4n) is 4.70. The minimum Gasteiger partial charge on any atom is -0.489 e. The quantitative estimate of drug-likeness (QED) is 0.620. The molecule has 3 heterocycles. The van der Waals surface area contributed by atoms with Gasteiger partial charge < -0.3 is 19.5 Å². The van der Waals surface area contributed by atoms with Crippen LogP contribution in [0.25, 0.3) is 0 Å². The zero-order valence-electron chi connectivity index (χ0n) is 19.9. The second-order valence-electron chi connectivity index (χ2n) is 9.17. The zero-order valence-corrected chi connectivity index (χ0v) is 19.9. The molecule has 4 rings (SSSR count). The minimum atomic E-state index is -0.155. The second kappa shape index (κ2) is 10.9.